The Balaban J connectivity index is 2.32. The molecule has 0 radical (unpaired) electrons. The van der Waals surface area contributed by atoms with Crippen molar-refractivity contribution in [3.63, 3.8) is 0 Å². The largest absolute Gasteiger partial charge is 0.478 e. The Morgan fingerprint density at radius 1 is 1.33 bits per heavy atom. The summed E-state index contributed by atoms with van der Waals surface area (Å²) in [6.07, 6.45) is 0. The molecule has 0 bridgehead atoms. The number of nitrogen functional groups attached to an aromatic ring is 1. The number of halogens is 2. The van der Waals surface area contributed by atoms with Crippen molar-refractivity contribution in [3.05, 3.63) is 58.4 Å². The van der Waals surface area contributed by atoms with Gasteiger partial charge in [-0.2, -0.15) is 0 Å². The Kier molecular flexibility index (Phi) is 4.33. The number of carbonyl (C=O) groups is 1. The Labute approximate surface area is 126 Å². The highest BCUT2D eigenvalue weighted by Gasteiger charge is 2.15. The fourth-order valence-electron chi connectivity index (χ4n) is 2.05. The number of aromatic carboxylic acids is 1. The molecular weight excluding hydrogens is 295 g/mol. The second-order valence-corrected chi connectivity index (χ2v) is 5.08. The van der Waals surface area contributed by atoms with Crippen molar-refractivity contribution in [2.45, 2.75) is 6.54 Å². The zero-order chi connectivity index (χ0) is 15.6. The third-order valence-electron chi connectivity index (χ3n) is 3.08. The van der Waals surface area contributed by atoms with Gasteiger partial charge < -0.3 is 15.7 Å². The van der Waals surface area contributed by atoms with E-state index in [-0.39, 0.29) is 5.56 Å². The summed E-state index contributed by atoms with van der Waals surface area (Å²) in [6, 6.07) is 8.79. The first-order chi connectivity index (χ1) is 9.88. The number of nitrogens with two attached hydrogens (primary N) is 1. The van der Waals surface area contributed by atoms with Crippen LogP contribution in [-0.2, 0) is 6.54 Å². The minimum atomic E-state index is -1.06. The monoisotopic (exact) mass is 308 g/mol. The molecule has 0 aromatic heterocycles. The molecule has 0 spiro atoms. The van der Waals surface area contributed by atoms with Crippen molar-refractivity contribution < 1.29 is 14.3 Å². The van der Waals surface area contributed by atoms with Gasteiger partial charge in [0.1, 0.15) is 5.82 Å². The number of nitrogens with zero attached hydrogens (tertiary/aromatic N) is 1. The lowest BCUT2D eigenvalue weighted by Gasteiger charge is -2.22. The maximum Gasteiger partial charge on any atom is 0.337 e. The molecule has 0 amide bonds. The van der Waals surface area contributed by atoms with Crippen molar-refractivity contribution in [1.29, 1.82) is 0 Å². The molecule has 0 unspecified atom stereocenters. The average Bonchev–Trinajstić information content (AvgIpc) is 2.41. The Bertz CT molecular complexity index is 691. The minimum Gasteiger partial charge on any atom is -0.478 e. The van der Waals surface area contributed by atoms with E-state index < -0.39 is 11.8 Å². The van der Waals surface area contributed by atoms with Crippen LogP contribution in [-0.4, -0.2) is 18.1 Å². The van der Waals surface area contributed by atoms with Crippen LogP contribution in [0, 0.1) is 5.82 Å². The summed E-state index contributed by atoms with van der Waals surface area (Å²) in [5, 5.41) is 9.54. The molecule has 0 saturated carbocycles. The molecular formula is C15H14ClFN2O2. The topological polar surface area (TPSA) is 66.6 Å². The van der Waals surface area contributed by atoms with Crippen LogP contribution in [0.25, 0.3) is 0 Å². The summed E-state index contributed by atoms with van der Waals surface area (Å²) >= 11 is 5.99. The third kappa shape index (κ3) is 3.44. The van der Waals surface area contributed by atoms with Crippen molar-refractivity contribution >= 4 is 28.9 Å². The van der Waals surface area contributed by atoms with E-state index in [0.29, 0.717) is 28.5 Å². The zero-order valence-corrected chi connectivity index (χ0v) is 12.1. The van der Waals surface area contributed by atoms with E-state index in [4.69, 9.17) is 17.3 Å². The highest BCUT2D eigenvalue weighted by atomic mass is 35.5. The van der Waals surface area contributed by atoms with Crippen molar-refractivity contribution in [3.8, 4) is 0 Å². The molecule has 110 valence electrons. The molecule has 0 heterocycles. The first kappa shape index (κ1) is 15.1. The highest BCUT2D eigenvalue weighted by molar-refractivity contribution is 6.31. The SMILES string of the molecule is CN(Cc1ccc(F)cc1Cl)c1ccc(N)cc1C(=O)O. The third-order valence-corrected chi connectivity index (χ3v) is 3.44. The fraction of sp³-hybridized carbons (Fsp3) is 0.133. The Morgan fingerprint density at radius 3 is 2.67 bits per heavy atom. The van der Waals surface area contributed by atoms with Crippen LogP contribution >= 0.6 is 11.6 Å². The number of hydrogen-bond acceptors (Lipinski definition) is 3. The van der Waals surface area contributed by atoms with E-state index in [1.54, 1.807) is 30.1 Å². The van der Waals surface area contributed by atoms with E-state index in [9.17, 15) is 14.3 Å². The molecule has 0 aliphatic carbocycles. The molecule has 2 aromatic carbocycles. The lowest BCUT2D eigenvalue weighted by Crippen LogP contribution is -2.19. The predicted octanol–water partition coefficient (Wildman–Crippen LogP) is 3.40. The average molecular weight is 309 g/mol. The molecule has 4 nitrogen and oxygen atoms in total. The Hall–Kier alpha value is -2.27. The molecule has 2 rings (SSSR count). The van der Waals surface area contributed by atoms with Gasteiger partial charge in [-0.05, 0) is 35.9 Å². The number of benzene rings is 2. The van der Waals surface area contributed by atoms with Gasteiger partial charge in [0.25, 0.3) is 0 Å². The quantitative estimate of drug-likeness (QED) is 0.850. The number of anilines is 2. The molecule has 2 aromatic rings. The van der Waals surface area contributed by atoms with E-state index in [0.717, 1.165) is 0 Å². The smallest absolute Gasteiger partial charge is 0.337 e. The zero-order valence-electron chi connectivity index (χ0n) is 11.3. The number of hydrogen-bond donors (Lipinski definition) is 2. The van der Waals surface area contributed by atoms with Gasteiger partial charge in [0.2, 0.25) is 0 Å². The molecule has 6 heteroatoms. The fourth-order valence-corrected chi connectivity index (χ4v) is 2.28. The molecule has 0 fully saturated rings. The summed E-state index contributed by atoms with van der Waals surface area (Å²) in [4.78, 5) is 13.0. The van der Waals surface area contributed by atoms with Gasteiger partial charge >= 0.3 is 5.97 Å². The van der Waals surface area contributed by atoms with Gasteiger partial charge in [0, 0.05) is 24.3 Å². The Morgan fingerprint density at radius 2 is 2.05 bits per heavy atom. The second-order valence-electron chi connectivity index (χ2n) is 4.67. The van der Waals surface area contributed by atoms with Crippen LogP contribution in [0.15, 0.2) is 36.4 Å². The highest BCUT2D eigenvalue weighted by Crippen LogP contribution is 2.26. The van der Waals surface area contributed by atoms with Crippen LogP contribution in [0.4, 0.5) is 15.8 Å². The van der Waals surface area contributed by atoms with Gasteiger partial charge in [-0.3, -0.25) is 0 Å². The van der Waals surface area contributed by atoms with Crippen molar-refractivity contribution in [2.24, 2.45) is 0 Å². The van der Waals surface area contributed by atoms with E-state index >= 15 is 0 Å². The van der Waals surface area contributed by atoms with Gasteiger partial charge in [-0.1, -0.05) is 17.7 Å². The van der Waals surface area contributed by atoms with Crippen LogP contribution in [0.5, 0.6) is 0 Å². The summed E-state index contributed by atoms with van der Waals surface area (Å²) in [7, 11) is 1.73. The summed E-state index contributed by atoms with van der Waals surface area (Å²) in [5.41, 5.74) is 7.31. The van der Waals surface area contributed by atoms with Crippen molar-refractivity contribution in [2.75, 3.05) is 17.7 Å². The second kappa shape index (κ2) is 6.01. The van der Waals surface area contributed by atoms with Crippen LogP contribution in [0.3, 0.4) is 0 Å². The first-order valence-electron chi connectivity index (χ1n) is 6.16. The molecule has 0 atom stereocenters. The van der Waals surface area contributed by atoms with Crippen molar-refractivity contribution in [1.82, 2.24) is 0 Å². The van der Waals surface area contributed by atoms with Gasteiger partial charge in [-0.25, -0.2) is 9.18 Å². The maximum atomic E-state index is 13.0. The molecule has 3 N–H and O–H groups in total. The van der Waals surface area contributed by atoms with Crippen LogP contribution in [0.1, 0.15) is 15.9 Å². The number of carboxylic acids is 1. The molecule has 0 aliphatic heterocycles. The number of rotatable bonds is 4. The molecule has 0 aliphatic rings. The molecule has 21 heavy (non-hydrogen) atoms. The standard InChI is InChI=1S/C15H14ClFN2O2/c1-19(8-9-2-3-10(17)6-13(9)16)14-5-4-11(18)7-12(14)15(20)21/h2-7H,8,18H2,1H3,(H,20,21). The summed E-state index contributed by atoms with van der Waals surface area (Å²) in [5.74, 6) is -1.47. The van der Waals surface area contributed by atoms with Gasteiger partial charge in [-0.15, -0.1) is 0 Å². The normalized spacial score (nSPS) is 10.4. The lowest BCUT2D eigenvalue weighted by molar-refractivity contribution is 0.0697. The van der Waals surface area contributed by atoms with Crippen LogP contribution < -0.4 is 10.6 Å². The van der Waals surface area contributed by atoms with Gasteiger partial charge in [0.05, 0.1) is 11.3 Å². The first-order valence-corrected chi connectivity index (χ1v) is 6.54. The van der Waals surface area contributed by atoms with Gasteiger partial charge in [0.15, 0.2) is 0 Å². The van der Waals surface area contributed by atoms with E-state index in [1.165, 1.54) is 18.2 Å². The molecule has 0 saturated heterocycles. The summed E-state index contributed by atoms with van der Waals surface area (Å²) in [6.45, 7) is 0.351. The minimum absolute atomic E-state index is 0.107. The summed E-state index contributed by atoms with van der Waals surface area (Å²) < 4.78 is 13.0. The number of carboxylic acid groups (broad SMARTS) is 1. The maximum absolute atomic E-state index is 13.0. The lowest BCUT2D eigenvalue weighted by atomic mass is 10.1. The predicted molar refractivity (Wildman–Crippen MR) is 81.3 cm³/mol. The van der Waals surface area contributed by atoms with E-state index in [1.807, 2.05) is 0 Å². The van der Waals surface area contributed by atoms with E-state index in [2.05, 4.69) is 0 Å². The van der Waals surface area contributed by atoms with Crippen LogP contribution in [0.2, 0.25) is 5.02 Å².